The van der Waals surface area contributed by atoms with Gasteiger partial charge < -0.3 is 10.1 Å². The number of nitrogens with zero attached hydrogens (tertiary/aromatic N) is 2. The summed E-state index contributed by atoms with van der Waals surface area (Å²) in [5, 5.41) is 6.85. The highest BCUT2D eigenvalue weighted by Crippen LogP contribution is 2.18. The Morgan fingerprint density at radius 2 is 2.09 bits per heavy atom. The van der Waals surface area contributed by atoms with Crippen molar-refractivity contribution in [2.75, 3.05) is 6.54 Å². The van der Waals surface area contributed by atoms with E-state index >= 15 is 0 Å². The molecule has 0 aliphatic carbocycles. The number of amides is 1. The summed E-state index contributed by atoms with van der Waals surface area (Å²) >= 11 is 0. The van der Waals surface area contributed by atoms with E-state index in [2.05, 4.69) is 43.0 Å². The van der Waals surface area contributed by atoms with Crippen LogP contribution in [0.5, 0.6) is 5.75 Å². The van der Waals surface area contributed by atoms with Crippen LogP contribution in [0.1, 0.15) is 35.8 Å². The second-order valence-corrected chi connectivity index (χ2v) is 5.24. The molecule has 22 heavy (non-hydrogen) atoms. The van der Waals surface area contributed by atoms with Crippen molar-refractivity contribution in [2.24, 2.45) is 0 Å². The van der Waals surface area contributed by atoms with Crippen LogP contribution in [0, 0.1) is 0 Å². The van der Waals surface area contributed by atoms with Crippen LogP contribution in [0.4, 0.5) is 0 Å². The van der Waals surface area contributed by atoms with Gasteiger partial charge in [-0.25, -0.2) is 4.68 Å². The maximum atomic E-state index is 11.7. The highest BCUT2D eigenvalue weighted by molar-refractivity contribution is 5.92. The molecule has 1 aromatic carbocycles. The van der Waals surface area contributed by atoms with Gasteiger partial charge in [0.1, 0.15) is 11.4 Å². The Morgan fingerprint density at radius 3 is 2.73 bits per heavy atom. The van der Waals surface area contributed by atoms with E-state index in [0.29, 0.717) is 18.2 Å². The zero-order valence-corrected chi connectivity index (χ0v) is 13.0. The minimum absolute atomic E-state index is 0.222. The van der Waals surface area contributed by atoms with Crippen LogP contribution in [0.15, 0.2) is 49.2 Å². The molecule has 0 saturated heterocycles. The number of ether oxygens (including phenoxy) is 1. The lowest BCUT2D eigenvalue weighted by molar-refractivity contribution is 0.0951. The standard InChI is InChI=1S/C17H21N3O2/c1-4-10-18-17(21)16-9-11-20(19-16)12-22-15-7-5-14(6-8-15)13(2)3/h4-9,11,13H,1,10,12H2,2-3H3,(H,18,21). The van der Waals surface area contributed by atoms with Gasteiger partial charge in [0.2, 0.25) is 0 Å². The van der Waals surface area contributed by atoms with Crippen molar-refractivity contribution < 1.29 is 9.53 Å². The quantitative estimate of drug-likeness (QED) is 0.800. The van der Waals surface area contributed by atoms with E-state index in [0.717, 1.165) is 5.75 Å². The smallest absolute Gasteiger partial charge is 0.272 e. The molecule has 0 bridgehead atoms. The van der Waals surface area contributed by atoms with Gasteiger partial charge in [-0.3, -0.25) is 4.79 Å². The minimum atomic E-state index is -0.222. The van der Waals surface area contributed by atoms with E-state index in [1.165, 1.54) is 5.56 Å². The molecule has 0 radical (unpaired) electrons. The van der Waals surface area contributed by atoms with E-state index < -0.39 is 0 Å². The van der Waals surface area contributed by atoms with Crippen LogP contribution < -0.4 is 10.1 Å². The maximum Gasteiger partial charge on any atom is 0.272 e. The van der Waals surface area contributed by atoms with Crippen molar-refractivity contribution in [1.82, 2.24) is 15.1 Å². The third-order valence-corrected chi connectivity index (χ3v) is 3.19. The molecular formula is C17H21N3O2. The zero-order valence-electron chi connectivity index (χ0n) is 13.0. The number of nitrogens with one attached hydrogen (secondary N) is 1. The maximum absolute atomic E-state index is 11.7. The summed E-state index contributed by atoms with van der Waals surface area (Å²) in [7, 11) is 0. The number of aromatic nitrogens is 2. The number of carbonyl (C=O) groups is 1. The molecule has 116 valence electrons. The normalized spacial score (nSPS) is 10.5. The Kier molecular flexibility index (Phi) is 5.36. The molecule has 1 N–H and O–H groups in total. The monoisotopic (exact) mass is 299 g/mol. The second-order valence-electron chi connectivity index (χ2n) is 5.24. The molecule has 2 rings (SSSR count). The summed E-state index contributed by atoms with van der Waals surface area (Å²) in [6, 6.07) is 9.64. The number of rotatable bonds is 7. The average molecular weight is 299 g/mol. The topological polar surface area (TPSA) is 56.2 Å². The fourth-order valence-corrected chi connectivity index (χ4v) is 1.90. The molecule has 5 heteroatoms. The molecule has 1 heterocycles. The molecule has 0 atom stereocenters. The molecule has 2 aromatic rings. The molecule has 0 aliphatic rings. The SMILES string of the molecule is C=CCNC(=O)c1ccn(COc2ccc(C(C)C)cc2)n1. The number of hydrogen-bond acceptors (Lipinski definition) is 3. The predicted octanol–water partition coefficient (Wildman–Crippen LogP) is 2.96. The Bertz CT molecular complexity index is 630. The van der Waals surface area contributed by atoms with Crippen molar-refractivity contribution in [3.8, 4) is 5.75 Å². The molecule has 0 aliphatic heterocycles. The van der Waals surface area contributed by atoms with E-state index in [1.54, 1.807) is 23.0 Å². The van der Waals surface area contributed by atoms with Gasteiger partial charge in [0.05, 0.1) is 0 Å². The molecule has 0 spiro atoms. The van der Waals surface area contributed by atoms with Crippen molar-refractivity contribution in [2.45, 2.75) is 26.5 Å². The first kappa shape index (κ1) is 15.8. The fraction of sp³-hybridized carbons (Fsp3) is 0.294. The van der Waals surface area contributed by atoms with E-state index in [-0.39, 0.29) is 12.6 Å². The van der Waals surface area contributed by atoms with E-state index in [1.807, 2.05) is 12.1 Å². The fourth-order valence-electron chi connectivity index (χ4n) is 1.90. The van der Waals surface area contributed by atoms with Crippen molar-refractivity contribution >= 4 is 5.91 Å². The largest absolute Gasteiger partial charge is 0.471 e. The Labute approximate surface area is 130 Å². The first-order valence-corrected chi connectivity index (χ1v) is 7.25. The van der Waals surface area contributed by atoms with Gasteiger partial charge in [0.15, 0.2) is 6.73 Å². The minimum Gasteiger partial charge on any atom is -0.471 e. The van der Waals surface area contributed by atoms with Crippen LogP contribution in [0.2, 0.25) is 0 Å². The van der Waals surface area contributed by atoms with Crippen molar-refractivity contribution in [3.05, 3.63) is 60.4 Å². The lowest BCUT2D eigenvalue weighted by Crippen LogP contribution is -2.24. The Morgan fingerprint density at radius 1 is 1.36 bits per heavy atom. The summed E-state index contributed by atoms with van der Waals surface area (Å²) in [5.74, 6) is 1.05. The first-order valence-electron chi connectivity index (χ1n) is 7.25. The van der Waals surface area contributed by atoms with Gasteiger partial charge >= 0.3 is 0 Å². The van der Waals surface area contributed by atoms with Gasteiger partial charge in [-0.05, 0) is 29.7 Å². The predicted molar refractivity (Wildman–Crippen MR) is 85.9 cm³/mol. The highest BCUT2D eigenvalue weighted by atomic mass is 16.5. The van der Waals surface area contributed by atoms with E-state index in [9.17, 15) is 4.79 Å². The molecule has 0 fully saturated rings. The Hall–Kier alpha value is -2.56. The van der Waals surface area contributed by atoms with Crippen molar-refractivity contribution in [1.29, 1.82) is 0 Å². The average Bonchev–Trinajstić information content (AvgIpc) is 3.00. The molecule has 1 aromatic heterocycles. The molecular weight excluding hydrogens is 278 g/mol. The molecule has 5 nitrogen and oxygen atoms in total. The summed E-state index contributed by atoms with van der Waals surface area (Å²) < 4.78 is 7.24. The third kappa shape index (κ3) is 4.22. The van der Waals surface area contributed by atoms with Crippen LogP contribution in [-0.2, 0) is 6.73 Å². The van der Waals surface area contributed by atoms with Gasteiger partial charge in [-0.2, -0.15) is 5.10 Å². The van der Waals surface area contributed by atoms with Gasteiger partial charge in [-0.1, -0.05) is 32.1 Å². The van der Waals surface area contributed by atoms with Gasteiger partial charge in [0, 0.05) is 12.7 Å². The van der Waals surface area contributed by atoms with Gasteiger partial charge in [-0.15, -0.1) is 6.58 Å². The summed E-state index contributed by atoms with van der Waals surface area (Å²) in [6.45, 7) is 8.53. The van der Waals surface area contributed by atoms with Crippen LogP contribution >= 0.6 is 0 Å². The number of hydrogen-bond donors (Lipinski definition) is 1. The molecule has 1 amide bonds. The lowest BCUT2D eigenvalue weighted by atomic mass is 10.0. The van der Waals surface area contributed by atoms with Crippen LogP contribution in [-0.4, -0.2) is 22.2 Å². The third-order valence-electron chi connectivity index (χ3n) is 3.19. The summed E-state index contributed by atoms with van der Waals surface area (Å²) in [6.07, 6.45) is 3.34. The highest BCUT2D eigenvalue weighted by Gasteiger charge is 2.08. The lowest BCUT2D eigenvalue weighted by Gasteiger charge is -2.09. The summed E-state index contributed by atoms with van der Waals surface area (Å²) in [5.41, 5.74) is 1.63. The van der Waals surface area contributed by atoms with Crippen LogP contribution in [0.25, 0.3) is 0 Å². The van der Waals surface area contributed by atoms with E-state index in [4.69, 9.17) is 4.74 Å². The van der Waals surface area contributed by atoms with Crippen LogP contribution in [0.3, 0.4) is 0 Å². The summed E-state index contributed by atoms with van der Waals surface area (Å²) in [4.78, 5) is 11.7. The zero-order chi connectivity index (χ0) is 15.9. The molecule has 0 saturated carbocycles. The number of benzene rings is 1. The van der Waals surface area contributed by atoms with Crippen molar-refractivity contribution in [3.63, 3.8) is 0 Å². The molecule has 0 unspecified atom stereocenters. The number of carbonyl (C=O) groups excluding carboxylic acids is 1. The first-order chi connectivity index (χ1) is 10.6. The second kappa shape index (κ2) is 7.45. The Balaban J connectivity index is 1.90. The van der Waals surface area contributed by atoms with Gasteiger partial charge in [0.25, 0.3) is 5.91 Å².